The number of nitro benzene ring substituents is 2. The fourth-order valence-electron chi connectivity index (χ4n) is 2.14. The van der Waals surface area contributed by atoms with Gasteiger partial charge in [-0.15, -0.1) is 0 Å². The maximum absolute atomic E-state index is 11.2. The van der Waals surface area contributed by atoms with Crippen LogP contribution in [0.15, 0.2) is 34.8 Å². The Labute approximate surface area is 162 Å². The first-order valence-corrected chi connectivity index (χ1v) is 8.26. The molecule has 9 nitrogen and oxygen atoms in total. The first kappa shape index (κ1) is 20.0. The van der Waals surface area contributed by atoms with E-state index in [0.717, 1.165) is 16.9 Å². The summed E-state index contributed by atoms with van der Waals surface area (Å²) in [5.41, 5.74) is 0.150. The molecule has 0 radical (unpaired) electrons. The van der Waals surface area contributed by atoms with E-state index in [1.165, 1.54) is 17.0 Å². The smallest absolute Gasteiger partial charge is 0.287 e. The molecule has 140 valence electrons. The number of ether oxygens (including phenoxy) is 1. The van der Waals surface area contributed by atoms with Crippen molar-refractivity contribution in [3.05, 3.63) is 66.2 Å². The third kappa shape index (κ3) is 4.88. The second-order valence-electron chi connectivity index (χ2n) is 5.58. The van der Waals surface area contributed by atoms with Crippen molar-refractivity contribution in [3.8, 4) is 11.5 Å². The van der Waals surface area contributed by atoms with E-state index in [4.69, 9.17) is 4.74 Å². The second kappa shape index (κ2) is 8.41. The molecule has 1 aliphatic heterocycles. The lowest BCUT2D eigenvalue weighted by Gasteiger charge is -2.09. The van der Waals surface area contributed by atoms with E-state index in [1.54, 1.807) is 38.4 Å². The van der Waals surface area contributed by atoms with Crippen molar-refractivity contribution in [2.45, 2.75) is 0 Å². The minimum atomic E-state index is -0.687. The number of nitro groups is 2. The van der Waals surface area contributed by atoms with Gasteiger partial charge in [-0.1, -0.05) is 22.0 Å². The number of fused-ring (bicyclic) bond motifs is 2. The Bertz CT molecular complexity index is 943. The van der Waals surface area contributed by atoms with Gasteiger partial charge in [0.1, 0.15) is 11.5 Å². The zero-order valence-corrected chi connectivity index (χ0v) is 15.9. The Morgan fingerprint density at radius 1 is 1.04 bits per heavy atom. The fourth-order valence-corrected chi connectivity index (χ4v) is 2.52. The lowest BCUT2D eigenvalue weighted by atomic mass is 10.1. The Morgan fingerprint density at radius 3 is 2.26 bits per heavy atom. The summed E-state index contributed by atoms with van der Waals surface area (Å²) in [6.07, 6.45) is 3.94. The van der Waals surface area contributed by atoms with E-state index < -0.39 is 9.85 Å². The minimum absolute atomic E-state index is 0.0817. The zero-order valence-electron chi connectivity index (χ0n) is 14.3. The standard InChI is InChI=1S/C14H7BrN2O5.C3H7NO/c15-9-2-4-13-8(5-9)1-3-11-12(17(20)21)6-10(16(18)19)7-14(11)22-13;1-4(2)3-5/h1-7H;3H,1-2H3. The van der Waals surface area contributed by atoms with Crippen molar-refractivity contribution < 1.29 is 19.4 Å². The molecule has 10 heteroatoms. The summed E-state index contributed by atoms with van der Waals surface area (Å²) in [6.45, 7) is 0. The van der Waals surface area contributed by atoms with Crippen LogP contribution in [-0.4, -0.2) is 35.3 Å². The van der Waals surface area contributed by atoms with E-state index in [0.29, 0.717) is 11.3 Å². The van der Waals surface area contributed by atoms with Crippen LogP contribution >= 0.6 is 15.9 Å². The SMILES string of the molecule is CN(C)C=O.O=[N+]([O-])c1cc2c(c([N+](=O)[O-])c1)C=Cc1cc(Br)ccc1O2. The number of hydrogen-bond acceptors (Lipinski definition) is 6. The van der Waals surface area contributed by atoms with Gasteiger partial charge in [-0.05, 0) is 24.3 Å². The highest BCUT2D eigenvalue weighted by atomic mass is 79.9. The van der Waals surface area contributed by atoms with E-state index in [2.05, 4.69) is 15.9 Å². The van der Waals surface area contributed by atoms with Crippen LogP contribution in [-0.2, 0) is 4.79 Å². The van der Waals surface area contributed by atoms with Crippen LogP contribution in [0.3, 0.4) is 0 Å². The number of benzene rings is 2. The van der Waals surface area contributed by atoms with Gasteiger partial charge in [0, 0.05) is 24.1 Å². The van der Waals surface area contributed by atoms with Crippen LogP contribution in [0.5, 0.6) is 11.5 Å². The molecule has 1 aliphatic rings. The third-order valence-electron chi connectivity index (χ3n) is 3.34. The van der Waals surface area contributed by atoms with E-state index in [1.807, 2.05) is 0 Å². The van der Waals surface area contributed by atoms with Crippen LogP contribution in [0, 0.1) is 20.2 Å². The molecule has 1 heterocycles. The molecule has 0 aliphatic carbocycles. The Kier molecular flexibility index (Phi) is 6.24. The van der Waals surface area contributed by atoms with Crippen LogP contribution in [0.2, 0.25) is 0 Å². The van der Waals surface area contributed by atoms with Crippen molar-refractivity contribution in [3.63, 3.8) is 0 Å². The van der Waals surface area contributed by atoms with Gasteiger partial charge < -0.3 is 9.64 Å². The molecule has 0 saturated carbocycles. The topological polar surface area (TPSA) is 116 Å². The summed E-state index contributed by atoms with van der Waals surface area (Å²) in [5, 5.41) is 22.1. The third-order valence-corrected chi connectivity index (χ3v) is 3.84. The molecule has 0 bridgehead atoms. The van der Waals surface area contributed by atoms with Crippen molar-refractivity contribution >= 4 is 45.9 Å². The van der Waals surface area contributed by atoms with Gasteiger partial charge in [0.15, 0.2) is 0 Å². The van der Waals surface area contributed by atoms with Gasteiger partial charge in [0.05, 0.1) is 27.5 Å². The lowest BCUT2D eigenvalue weighted by molar-refractivity contribution is -0.394. The number of hydrogen-bond donors (Lipinski definition) is 0. The number of non-ortho nitro benzene ring substituents is 1. The Hall–Kier alpha value is -3.27. The largest absolute Gasteiger partial charge is 0.456 e. The predicted molar refractivity (Wildman–Crippen MR) is 103 cm³/mol. The van der Waals surface area contributed by atoms with Gasteiger partial charge >= 0.3 is 0 Å². The Balaban J connectivity index is 0.000000465. The summed E-state index contributed by atoms with van der Waals surface area (Å²) >= 11 is 3.33. The number of carbonyl (C=O) groups excluding carboxylic acids is 1. The van der Waals surface area contributed by atoms with Gasteiger partial charge in [0.2, 0.25) is 6.41 Å². The van der Waals surface area contributed by atoms with E-state index in [9.17, 15) is 25.0 Å². The van der Waals surface area contributed by atoms with E-state index >= 15 is 0 Å². The highest BCUT2D eigenvalue weighted by Gasteiger charge is 2.25. The normalized spacial score (nSPS) is 10.9. The summed E-state index contributed by atoms with van der Waals surface area (Å²) in [5.74, 6) is 0.547. The van der Waals surface area contributed by atoms with E-state index in [-0.39, 0.29) is 22.7 Å². The average Bonchev–Trinajstić information content (AvgIpc) is 2.79. The first-order chi connectivity index (χ1) is 12.7. The van der Waals surface area contributed by atoms with Crippen molar-refractivity contribution in [1.29, 1.82) is 0 Å². The zero-order chi connectivity index (χ0) is 20.1. The molecule has 2 aromatic carbocycles. The summed E-state index contributed by atoms with van der Waals surface area (Å²) < 4.78 is 6.47. The average molecular weight is 436 g/mol. The molecule has 0 atom stereocenters. The van der Waals surface area contributed by atoms with Crippen LogP contribution < -0.4 is 4.74 Å². The number of halogens is 1. The summed E-state index contributed by atoms with van der Waals surface area (Å²) in [4.78, 5) is 31.6. The number of carbonyl (C=O) groups is 1. The molecular weight excluding hydrogens is 422 g/mol. The number of amides is 1. The van der Waals surface area contributed by atoms with Gasteiger partial charge in [-0.3, -0.25) is 25.0 Å². The monoisotopic (exact) mass is 435 g/mol. The maximum Gasteiger partial charge on any atom is 0.287 e. The predicted octanol–water partition coefficient (Wildman–Crippen LogP) is 4.25. The van der Waals surface area contributed by atoms with Gasteiger partial charge in [-0.25, -0.2) is 0 Å². The highest BCUT2D eigenvalue weighted by Crippen LogP contribution is 2.41. The van der Waals surface area contributed by atoms with Crippen LogP contribution in [0.4, 0.5) is 11.4 Å². The van der Waals surface area contributed by atoms with Crippen molar-refractivity contribution in [1.82, 2.24) is 4.90 Å². The minimum Gasteiger partial charge on any atom is -0.456 e. The lowest BCUT2D eigenvalue weighted by Crippen LogP contribution is -2.06. The molecule has 27 heavy (non-hydrogen) atoms. The first-order valence-electron chi connectivity index (χ1n) is 7.47. The second-order valence-corrected chi connectivity index (χ2v) is 6.49. The van der Waals surface area contributed by atoms with Crippen LogP contribution in [0.1, 0.15) is 11.1 Å². The van der Waals surface area contributed by atoms with Gasteiger partial charge in [0.25, 0.3) is 11.4 Å². The number of nitrogens with zero attached hydrogens (tertiary/aromatic N) is 3. The molecule has 2 aromatic rings. The summed E-state index contributed by atoms with van der Waals surface area (Å²) in [6, 6.07) is 7.34. The van der Waals surface area contributed by atoms with Crippen molar-refractivity contribution in [2.75, 3.05) is 14.1 Å². The molecule has 3 rings (SSSR count). The molecule has 0 fully saturated rings. The molecule has 0 spiro atoms. The molecule has 0 N–H and O–H groups in total. The quantitative estimate of drug-likeness (QED) is 0.344. The number of rotatable bonds is 3. The van der Waals surface area contributed by atoms with Crippen LogP contribution in [0.25, 0.3) is 12.2 Å². The molecule has 0 aromatic heterocycles. The molecule has 1 amide bonds. The molecule has 0 unspecified atom stereocenters. The Morgan fingerprint density at radius 2 is 1.70 bits per heavy atom. The maximum atomic E-state index is 11.2. The van der Waals surface area contributed by atoms with Gasteiger partial charge in [-0.2, -0.15) is 0 Å². The van der Waals surface area contributed by atoms with Crippen molar-refractivity contribution in [2.24, 2.45) is 0 Å². The summed E-state index contributed by atoms with van der Waals surface area (Å²) in [7, 11) is 3.38. The molecular formula is C17H14BrN3O6. The molecule has 0 saturated heterocycles. The fraction of sp³-hybridized carbons (Fsp3) is 0.118. The highest BCUT2D eigenvalue weighted by molar-refractivity contribution is 9.10.